The smallest absolute Gasteiger partial charge is 0.274 e. The molecule has 248 valence electrons. The van der Waals surface area contributed by atoms with Gasteiger partial charge in [0.1, 0.15) is 24.7 Å². The zero-order chi connectivity index (χ0) is 33.7. The van der Waals surface area contributed by atoms with Crippen molar-refractivity contribution in [1.82, 2.24) is 20.2 Å². The number of amides is 1. The van der Waals surface area contributed by atoms with E-state index in [2.05, 4.69) is 51.4 Å². The predicted molar refractivity (Wildman–Crippen MR) is 191 cm³/mol. The molecule has 0 fully saturated rings. The third-order valence-electron chi connectivity index (χ3n) is 7.73. The fourth-order valence-corrected chi connectivity index (χ4v) is 5.42. The van der Waals surface area contributed by atoms with Crippen molar-refractivity contribution in [1.29, 1.82) is 0 Å². The van der Waals surface area contributed by atoms with Crippen molar-refractivity contribution in [3.8, 4) is 11.5 Å². The minimum atomic E-state index is -0.444. The zero-order valence-electron chi connectivity index (χ0n) is 27.0. The van der Waals surface area contributed by atoms with Gasteiger partial charge in [0.25, 0.3) is 5.91 Å². The summed E-state index contributed by atoms with van der Waals surface area (Å²) in [5.74, 6) is 1.08. The number of ether oxygens (including phenoxy) is 2. The molecule has 1 unspecified atom stereocenters. The Morgan fingerprint density at radius 3 is 1.71 bits per heavy atom. The average Bonchev–Trinajstić information content (AvgIpc) is 3.10. The lowest BCUT2D eigenvalue weighted by Crippen LogP contribution is -2.44. The van der Waals surface area contributed by atoms with Crippen LogP contribution in [-0.4, -0.2) is 33.4 Å². The van der Waals surface area contributed by atoms with Crippen LogP contribution in [0.25, 0.3) is 0 Å². The summed E-state index contributed by atoms with van der Waals surface area (Å²) in [5.41, 5.74) is 16.1. The summed E-state index contributed by atoms with van der Waals surface area (Å²) in [6, 6.07) is 36.3. The van der Waals surface area contributed by atoms with Crippen LogP contribution in [0.2, 0.25) is 5.15 Å². The number of carbonyl (C=O) groups is 1. The Kier molecular flexibility index (Phi) is 12.2. The molecule has 0 radical (unpaired) electrons. The quantitative estimate of drug-likeness (QED) is 0.102. The SMILES string of the molecule is CCCC(CN(Cc1ccc(OCc2ccccc2)cc1)Cc1ccc(OCc2ccccc2)cc1)NC(=O)c1nc(Cl)c(N)nc1N. The molecule has 0 bridgehead atoms. The molecule has 0 spiro atoms. The first-order chi connectivity index (χ1) is 23.4. The summed E-state index contributed by atoms with van der Waals surface area (Å²) >= 11 is 6.06. The number of hydrogen-bond donors (Lipinski definition) is 3. The second kappa shape index (κ2) is 17.2. The number of nitrogens with zero attached hydrogens (tertiary/aromatic N) is 3. The van der Waals surface area contributed by atoms with Crippen LogP contribution in [0, 0.1) is 0 Å². The predicted octanol–water partition coefficient (Wildman–Crippen LogP) is 7.05. The number of carbonyl (C=O) groups excluding carboxylic acids is 1. The summed E-state index contributed by atoms with van der Waals surface area (Å²) in [4.78, 5) is 23.6. The second-order valence-electron chi connectivity index (χ2n) is 11.6. The molecule has 0 saturated carbocycles. The minimum Gasteiger partial charge on any atom is -0.489 e. The topological polar surface area (TPSA) is 129 Å². The lowest BCUT2D eigenvalue weighted by molar-refractivity contribution is 0.0914. The first kappa shape index (κ1) is 34.2. The minimum absolute atomic E-state index is 0.0185. The fourth-order valence-electron chi connectivity index (χ4n) is 5.30. The van der Waals surface area contributed by atoms with Crippen molar-refractivity contribution < 1.29 is 14.3 Å². The van der Waals surface area contributed by atoms with Gasteiger partial charge in [0.15, 0.2) is 22.5 Å². The van der Waals surface area contributed by atoms with Crippen LogP contribution >= 0.6 is 11.6 Å². The molecule has 1 heterocycles. The number of halogens is 1. The lowest BCUT2D eigenvalue weighted by Gasteiger charge is -2.28. The molecule has 1 aromatic heterocycles. The summed E-state index contributed by atoms with van der Waals surface area (Å²) in [7, 11) is 0. The number of benzene rings is 4. The van der Waals surface area contributed by atoms with E-state index in [1.807, 2.05) is 84.9 Å². The Labute approximate surface area is 286 Å². The fraction of sp³-hybridized carbons (Fsp3) is 0.237. The molecule has 48 heavy (non-hydrogen) atoms. The van der Waals surface area contributed by atoms with Crippen LogP contribution in [0.15, 0.2) is 109 Å². The molecular formula is C38H41ClN6O3. The van der Waals surface area contributed by atoms with Crippen molar-refractivity contribution in [2.45, 2.75) is 52.1 Å². The van der Waals surface area contributed by atoms with Crippen molar-refractivity contribution in [3.05, 3.63) is 142 Å². The molecule has 10 heteroatoms. The van der Waals surface area contributed by atoms with Crippen molar-refractivity contribution in [2.75, 3.05) is 18.0 Å². The maximum absolute atomic E-state index is 13.3. The van der Waals surface area contributed by atoms with Gasteiger partial charge in [-0.05, 0) is 52.9 Å². The highest BCUT2D eigenvalue weighted by atomic mass is 35.5. The van der Waals surface area contributed by atoms with Crippen LogP contribution in [0.5, 0.6) is 11.5 Å². The third kappa shape index (κ3) is 10.2. The molecule has 5 aromatic rings. The molecule has 1 amide bonds. The van der Waals surface area contributed by atoms with Gasteiger partial charge in [-0.1, -0.05) is 110 Å². The van der Waals surface area contributed by atoms with E-state index >= 15 is 0 Å². The molecule has 0 aliphatic carbocycles. The number of anilines is 2. The summed E-state index contributed by atoms with van der Waals surface area (Å²) in [6.45, 7) is 4.97. The Hall–Kier alpha value is -5.12. The standard InChI is InChI=1S/C38H41ClN6O3/c1-2-9-31(42-38(46)34-36(40)44-37(41)35(39)43-34)24-45(22-27-14-18-32(19-15-27)47-25-29-10-5-3-6-11-29)23-28-16-20-33(21-17-28)48-26-30-12-7-4-8-13-30/h3-8,10-21,31H,2,9,22-26H2,1H3,(H,42,46)(H4,40,41,44). The first-order valence-electron chi connectivity index (χ1n) is 16.0. The number of hydrogen-bond acceptors (Lipinski definition) is 8. The highest BCUT2D eigenvalue weighted by molar-refractivity contribution is 6.31. The van der Waals surface area contributed by atoms with Crippen LogP contribution < -0.4 is 26.3 Å². The van der Waals surface area contributed by atoms with Gasteiger partial charge in [0.05, 0.1) is 0 Å². The maximum atomic E-state index is 13.3. The lowest BCUT2D eigenvalue weighted by atomic mass is 10.1. The van der Waals surface area contributed by atoms with Crippen LogP contribution in [-0.2, 0) is 26.3 Å². The summed E-state index contributed by atoms with van der Waals surface area (Å²) in [6.07, 6.45) is 1.61. The van der Waals surface area contributed by atoms with Gasteiger partial charge in [0, 0.05) is 25.7 Å². The van der Waals surface area contributed by atoms with Gasteiger partial charge in [-0.25, -0.2) is 9.97 Å². The molecule has 4 aromatic carbocycles. The van der Waals surface area contributed by atoms with E-state index in [-0.39, 0.29) is 28.5 Å². The van der Waals surface area contributed by atoms with E-state index in [4.69, 9.17) is 32.5 Å². The monoisotopic (exact) mass is 664 g/mol. The van der Waals surface area contributed by atoms with Crippen molar-refractivity contribution in [3.63, 3.8) is 0 Å². The highest BCUT2D eigenvalue weighted by Gasteiger charge is 2.22. The first-order valence-corrected chi connectivity index (χ1v) is 16.4. The largest absolute Gasteiger partial charge is 0.489 e. The van der Waals surface area contributed by atoms with Gasteiger partial charge < -0.3 is 26.3 Å². The number of nitrogens with one attached hydrogen (secondary N) is 1. The summed E-state index contributed by atoms with van der Waals surface area (Å²) < 4.78 is 12.0. The Bertz CT molecular complexity index is 1650. The van der Waals surface area contributed by atoms with Gasteiger partial charge in [-0.15, -0.1) is 0 Å². The van der Waals surface area contributed by atoms with Crippen LogP contribution in [0.1, 0.15) is 52.5 Å². The molecule has 5 rings (SSSR count). The number of aromatic nitrogens is 2. The van der Waals surface area contributed by atoms with Gasteiger partial charge >= 0.3 is 0 Å². The molecule has 9 nitrogen and oxygen atoms in total. The van der Waals surface area contributed by atoms with E-state index in [0.717, 1.165) is 46.6 Å². The van der Waals surface area contributed by atoms with Gasteiger partial charge in [-0.3, -0.25) is 9.69 Å². The van der Waals surface area contributed by atoms with E-state index < -0.39 is 5.91 Å². The van der Waals surface area contributed by atoms with Crippen LogP contribution in [0.3, 0.4) is 0 Å². The summed E-state index contributed by atoms with van der Waals surface area (Å²) in [5, 5.41) is 3.04. The second-order valence-corrected chi connectivity index (χ2v) is 12.0. The zero-order valence-corrected chi connectivity index (χ0v) is 27.8. The Morgan fingerprint density at radius 2 is 1.23 bits per heavy atom. The Balaban J connectivity index is 1.29. The normalized spacial score (nSPS) is 11.6. The molecule has 0 aliphatic heterocycles. The average molecular weight is 665 g/mol. The van der Waals surface area contributed by atoms with Crippen molar-refractivity contribution >= 4 is 29.1 Å². The van der Waals surface area contributed by atoms with Gasteiger partial charge in [0.2, 0.25) is 0 Å². The van der Waals surface area contributed by atoms with E-state index in [9.17, 15) is 4.79 Å². The van der Waals surface area contributed by atoms with E-state index in [1.165, 1.54) is 0 Å². The van der Waals surface area contributed by atoms with E-state index in [1.54, 1.807) is 0 Å². The van der Waals surface area contributed by atoms with Crippen LogP contribution in [0.4, 0.5) is 11.6 Å². The van der Waals surface area contributed by atoms with Crippen molar-refractivity contribution in [2.24, 2.45) is 0 Å². The molecule has 1 atom stereocenters. The number of rotatable bonds is 16. The number of nitrogen functional groups attached to an aromatic ring is 2. The number of nitrogens with two attached hydrogens (primary N) is 2. The van der Waals surface area contributed by atoms with Gasteiger partial charge in [-0.2, -0.15) is 0 Å². The van der Waals surface area contributed by atoms with E-state index in [0.29, 0.717) is 32.8 Å². The molecular weight excluding hydrogens is 624 g/mol. The highest BCUT2D eigenvalue weighted by Crippen LogP contribution is 2.21. The molecule has 0 aliphatic rings. The molecule has 0 saturated heterocycles. The maximum Gasteiger partial charge on any atom is 0.274 e. The molecule has 5 N–H and O–H groups in total. The third-order valence-corrected chi connectivity index (χ3v) is 8.00. The Morgan fingerprint density at radius 1 is 0.729 bits per heavy atom.